The lowest BCUT2D eigenvalue weighted by molar-refractivity contribution is -0.117. The molecule has 0 fully saturated rings. The molecule has 0 aromatic rings. The van der Waals surface area contributed by atoms with Crippen molar-refractivity contribution >= 4 is 5.78 Å². The maximum Gasteiger partial charge on any atom is 0.129 e. The number of ketones is 1. The zero-order chi connectivity index (χ0) is 12.1. The van der Waals surface area contributed by atoms with Gasteiger partial charge in [-0.3, -0.25) is 0 Å². The van der Waals surface area contributed by atoms with Crippen LogP contribution in [0.1, 0.15) is 79.6 Å². The van der Waals surface area contributed by atoms with E-state index in [2.05, 4.69) is 13.8 Å². The van der Waals surface area contributed by atoms with Crippen molar-refractivity contribution in [2.45, 2.75) is 79.6 Å². The predicted molar refractivity (Wildman–Crippen MR) is 69.2 cm³/mol. The van der Waals surface area contributed by atoms with E-state index >= 15 is 0 Å². The first kappa shape index (κ1) is 17.1. The fourth-order valence-electron chi connectivity index (χ4n) is 1.77. The molecule has 1 unspecified atom stereocenters. The van der Waals surface area contributed by atoms with Crippen LogP contribution < -0.4 is 0 Å². The molecule has 0 radical (unpaired) electrons. The Hall–Kier alpha value is -0.330. The van der Waals surface area contributed by atoms with Gasteiger partial charge in [-0.15, -0.1) is 0 Å². The highest BCUT2D eigenvalue weighted by Crippen LogP contribution is 2.18. The van der Waals surface area contributed by atoms with Gasteiger partial charge >= 0.3 is 0 Å². The summed E-state index contributed by atoms with van der Waals surface area (Å²) in [6, 6.07) is 0. The molecular weight excluding hydrogens is 184 g/mol. The van der Waals surface area contributed by atoms with Crippen LogP contribution in [0.4, 0.5) is 0 Å². The zero-order valence-corrected chi connectivity index (χ0v) is 11.4. The van der Waals surface area contributed by atoms with Gasteiger partial charge in [-0.25, -0.2) is 0 Å². The van der Waals surface area contributed by atoms with Gasteiger partial charge in [-0.2, -0.15) is 0 Å². The van der Waals surface area contributed by atoms with Crippen molar-refractivity contribution in [3.05, 3.63) is 0 Å². The SMILES string of the molecule is CC.CCCC(CC)CCCCC(C)=O. The van der Waals surface area contributed by atoms with Gasteiger partial charge in [0.25, 0.3) is 0 Å². The van der Waals surface area contributed by atoms with Crippen molar-refractivity contribution < 1.29 is 4.79 Å². The third-order valence-corrected chi connectivity index (χ3v) is 2.67. The average Bonchev–Trinajstić information content (AvgIpc) is 2.25. The highest BCUT2D eigenvalue weighted by molar-refractivity contribution is 5.75. The molecule has 0 heterocycles. The Labute approximate surface area is 96.7 Å². The smallest absolute Gasteiger partial charge is 0.129 e. The molecule has 0 bridgehead atoms. The van der Waals surface area contributed by atoms with Crippen LogP contribution in [0.2, 0.25) is 0 Å². The summed E-state index contributed by atoms with van der Waals surface area (Å²) in [6.07, 6.45) is 8.38. The van der Waals surface area contributed by atoms with Gasteiger partial charge < -0.3 is 4.79 Å². The molecule has 0 saturated carbocycles. The Morgan fingerprint density at radius 1 is 1.07 bits per heavy atom. The molecular formula is C14H30O. The molecule has 1 nitrogen and oxygen atoms in total. The first-order chi connectivity index (χ1) is 7.20. The first-order valence-corrected chi connectivity index (χ1v) is 6.70. The minimum Gasteiger partial charge on any atom is -0.300 e. The van der Waals surface area contributed by atoms with Crippen molar-refractivity contribution in [3.63, 3.8) is 0 Å². The van der Waals surface area contributed by atoms with E-state index in [9.17, 15) is 4.79 Å². The van der Waals surface area contributed by atoms with Gasteiger partial charge in [0.2, 0.25) is 0 Å². The summed E-state index contributed by atoms with van der Waals surface area (Å²) in [6.45, 7) is 10.2. The van der Waals surface area contributed by atoms with E-state index in [4.69, 9.17) is 0 Å². The average molecular weight is 214 g/mol. The second kappa shape index (κ2) is 13.7. The van der Waals surface area contributed by atoms with Gasteiger partial charge in [0.05, 0.1) is 0 Å². The molecule has 0 aliphatic rings. The third-order valence-electron chi connectivity index (χ3n) is 2.67. The molecule has 92 valence electrons. The van der Waals surface area contributed by atoms with Crippen molar-refractivity contribution in [2.75, 3.05) is 0 Å². The summed E-state index contributed by atoms with van der Waals surface area (Å²) in [5.41, 5.74) is 0. The van der Waals surface area contributed by atoms with Crippen molar-refractivity contribution in [1.29, 1.82) is 0 Å². The molecule has 0 aliphatic heterocycles. The predicted octanol–water partition coefficient (Wildman–Crippen LogP) is 4.99. The fraction of sp³-hybridized carbons (Fsp3) is 0.929. The van der Waals surface area contributed by atoms with Gasteiger partial charge in [-0.05, 0) is 19.3 Å². The highest BCUT2D eigenvalue weighted by atomic mass is 16.1. The number of hydrogen-bond acceptors (Lipinski definition) is 1. The van der Waals surface area contributed by atoms with Crippen molar-refractivity contribution in [2.24, 2.45) is 5.92 Å². The Morgan fingerprint density at radius 2 is 1.67 bits per heavy atom. The van der Waals surface area contributed by atoms with Crippen LogP contribution in [0.15, 0.2) is 0 Å². The Bertz CT molecular complexity index is 129. The summed E-state index contributed by atoms with van der Waals surface area (Å²) in [7, 11) is 0. The second-order valence-electron chi connectivity index (χ2n) is 4.01. The summed E-state index contributed by atoms with van der Waals surface area (Å²) in [5.74, 6) is 1.24. The van der Waals surface area contributed by atoms with Crippen LogP contribution in [0.25, 0.3) is 0 Å². The van der Waals surface area contributed by atoms with E-state index < -0.39 is 0 Å². The van der Waals surface area contributed by atoms with Crippen LogP contribution in [0.3, 0.4) is 0 Å². The zero-order valence-electron chi connectivity index (χ0n) is 11.4. The van der Waals surface area contributed by atoms with Gasteiger partial charge in [0.15, 0.2) is 0 Å². The summed E-state index contributed by atoms with van der Waals surface area (Å²) in [5, 5.41) is 0. The Kier molecular flexibility index (Phi) is 15.6. The number of carbonyl (C=O) groups excluding carboxylic acids is 1. The maximum atomic E-state index is 10.7. The van der Waals surface area contributed by atoms with E-state index in [1.54, 1.807) is 6.92 Å². The lowest BCUT2D eigenvalue weighted by Crippen LogP contribution is -1.99. The molecule has 0 spiro atoms. The van der Waals surface area contributed by atoms with E-state index in [1.165, 1.54) is 32.1 Å². The van der Waals surface area contributed by atoms with E-state index in [0.717, 1.165) is 18.8 Å². The molecule has 0 aliphatic carbocycles. The normalized spacial score (nSPS) is 11.5. The highest BCUT2D eigenvalue weighted by Gasteiger charge is 2.04. The number of rotatable bonds is 8. The lowest BCUT2D eigenvalue weighted by Gasteiger charge is -2.12. The minimum atomic E-state index is 0.337. The van der Waals surface area contributed by atoms with Crippen LogP contribution in [0, 0.1) is 5.92 Å². The number of Topliss-reactive ketones (excluding diaryl/α,β-unsaturated/α-hetero) is 1. The molecule has 0 aromatic carbocycles. The maximum absolute atomic E-state index is 10.7. The summed E-state index contributed by atoms with van der Waals surface area (Å²) >= 11 is 0. The Morgan fingerprint density at radius 3 is 2.07 bits per heavy atom. The molecule has 1 heteroatoms. The van der Waals surface area contributed by atoms with E-state index in [0.29, 0.717) is 5.78 Å². The van der Waals surface area contributed by atoms with Crippen LogP contribution in [-0.2, 0) is 4.79 Å². The van der Waals surface area contributed by atoms with Crippen LogP contribution in [-0.4, -0.2) is 5.78 Å². The molecule has 1 atom stereocenters. The van der Waals surface area contributed by atoms with Crippen LogP contribution in [0.5, 0.6) is 0 Å². The van der Waals surface area contributed by atoms with Crippen LogP contribution >= 0.6 is 0 Å². The van der Waals surface area contributed by atoms with Gasteiger partial charge in [0.1, 0.15) is 5.78 Å². The Balaban J connectivity index is 0. The second-order valence-corrected chi connectivity index (χ2v) is 4.01. The summed E-state index contributed by atoms with van der Waals surface area (Å²) in [4.78, 5) is 10.7. The van der Waals surface area contributed by atoms with Gasteiger partial charge in [-0.1, -0.05) is 59.8 Å². The quantitative estimate of drug-likeness (QED) is 0.520. The van der Waals surface area contributed by atoms with Crippen molar-refractivity contribution in [1.82, 2.24) is 0 Å². The number of hydrogen-bond donors (Lipinski definition) is 0. The first-order valence-electron chi connectivity index (χ1n) is 6.70. The largest absolute Gasteiger partial charge is 0.300 e. The number of carbonyl (C=O) groups is 1. The monoisotopic (exact) mass is 214 g/mol. The van der Waals surface area contributed by atoms with Gasteiger partial charge in [0, 0.05) is 6.42 Å². The topological polar surface area (TPSA) is 17.1 Å². The molecule has 0 saturated heterocycles. The molecule has 15 heavy (non-hydrogen) atoms. The van der Waals surface area contributed by atoms with E-state index in [-0.39, 0.29) is 0 Å². The third kappa shape index (κ3) is 13.7. The fourth-order valence-corrected chi connectivity index (χ4v) is 1.77. The molecule has 0 aromatic heterocycles. The summed E-state index contributed by atoms with van der Waals surface area (Å²) < 4.78 is 0. The standard InChI is InChI=1S/C12H24O.C2H6/c1-4-8-12(5-2)10-7-6-9-11(3)13;1-2/h12H,4-10H2,1-3H3;1-2H3. The molecule has 0 N–H and O–H groups in total. The minimum absolute atomic E-state index is 0.337. The lowest BCUT2D eigenvalue weighted by atomic mass is 9.94. The van der Waals surface area contributed by atoms with E-state index in [1.807, 2.05) is 13.8 Å². The molecule has 0 amide bonds. The van der Waals surface area contributed by atoms with Crippen molar-refractivity contribution in [3.8, 4) is 0 Å². The molecule has 0 rings (SSSR count). The number of unbranched alkanes of at least 4 members (excludes halogenated alkanes) is 1.